The number of hydrogen-bond acceptors (Lipinski definition) is 2. The van der Waals surface area contributed by atoms with E-state index >= 15 is 0 Å². The highest BCUT2D eigenvalue weighted by atomic mass is 35.5. The maximum atomic E-state index is 13.6. The van der Waals surface area contributed by atoms with Gasteiger partial charge in [0.05, 0.1) is 12.1 Å². The fraction of sp³-hybridized carbons (Fsp3) is 0.294. The second-order valence-electron chi connectivity index (χ2n) is 5.08. The molecule has 0 aliphatic heterocycles. The first-order valence-electron chi connectivity index (χ1n) is 6.83. The lowest BCUT2D eigenvalue weighted by Gasteiger charge is -2.15. The van der Waals surface area contributed by atoms with E-state index in [4.69, 9.17) is 16.3 Å². The van der Waals surface area contributed by atoms with Gasteiger partial charge in [-0.15, -0.1) is 0 Å². The summed E-state index contributed by atoms with van der Waals surface area (Å²) in [5.74, 6) is 0.489. The van der Waals surface area contributed by atoms with Gasteiger partial charge in [0.2, 0.25) is 0 Å². The summed E-state index contributed by atoms with van der Waals surface area (Å²) >= 11 is 6.10. The molecular formula is C17H19ClFNO. The Kier molecular flexibility index (Phi) is 5.21. The van der Waals surface area contributed by atoms with Crippen molar-refractivity contribution in [1.29, 1.82) is 0 Å². The van der Waals surface area contributed by atoms with Crippen LogP contribution in [0.15, 0.2) is 36.4 Å². The van der Waals surface area contributed by atoms with Crippen molar-refractivity contribution in [3.63, 3.8) is 0 Å². The summed E-state index contributed by atoms with van der Waals surface area (Å²) in [6, 6.07) is 11.0. The van der Waals surface area contributed by atoms with Gasteiger partial charge in [-0.05, 0) is 48.7 Å². The summed E-state index contributed by atoms with van der Waals surface area (Å²) in [6.45, 7) is 4.42. The molecule has 2 aromatic rings. The Morgan fingerprint density at radius 1 is 1.24 bits per heavy atom. The second-order valence-corrected chi connectivity index (χ2v) is 5.49. The van der Waals surface area contributed by atoms with E-state index in [0.717, 1.165) is 11.1 Å². The highest BCUT2D eigenvalue weighted by Gasteiger charge is 2.08. The molecule has 0 aliphatic carbocycles. The number of benzene rings is 2. The molecule has 2 rings (SSSR count). The number of nitrogens with one attached hydrogen (secondary N) is 1. The monoisotopic (exact) mass is 307 g/mol. The Labute approximate surface area is 129 Å². The average molecular weight is 308 g/mol. The number of hydrogen-bond donors (Lipinski definition) is 1. The van der Waals surface area contributed by atoms with Crippen molar-refractivity contribution >= 4 is 11.6 Å². The second kappa shape index (κ2) is 6.92. The third kappa shape index (κ3) is 3.96. The van der Waals surface area contributed by atoms with Crippen molar-refractivity contribution in [3.8, 4) is 5.75 Å². The zero-order valence-electron chi connectivity index (χ0n) is 12.4. The van der Waals surface area contributed by atoms with Crippen molar-refractivity contribution in [2.24, 2.45) is 0 Å². The Morgan fingerprint density at radius 3 is 2.62 bits per heavy atom. The molecule has 0 fully saturated rings. The molecule has 1 N–H and O–H groups in total. The van der Waals surface area contributed by atoms with Gasteiger partial charge in [-0.1, -0.05) is 29.8 Å². The maximum absolute atomic E-state index is 13.6. The number of rotatable bonds is 5. The molecule has 4 heteroatoms. The van der Waals surface area contributed by atoms with Crippen LogP contribution in [0.4, 0.5) is 4.39 Å². The van der Waals surface area contributed by atoms with Crippen LogP contribution in [0.1, 0.15) is 29.7 Å². The fourth-order valence-electron chi connectivity index (χ4n) is 2.09. The van der Waals surface area contributed by atoms with Crippen LogP contribution in [0.3, 0.4) is 0 Å². The molecule has 0 heterocycles. The standard InChI is InChI=1S/C17H19ClFNO/c1-11-4-6-14(9-16(11)19)12(2)20-10-13-5-7-17(21-3)15(18)8-13/h4-9,12,20H,10H2,1-3H3. The van der Waals surface area contributed by atoms with E-state index in [1.165, 1.54) is 0 Å². The average Bonchev–Trinajstić information content (AvgIpc) is 2.47. The van der Waals surface area contributed by atoms with Crippen LogP contribution in [-0.2, 0) is 6.54 Å². The minimum atomic E-state index is -0.173. The Hall–Kier alpha value is -1.58. The van der Waals surface area contributed by atoms with Gasteiger partial charge in [0.1, 0.15) is 11.6 Å². The van der Waals surface area contributed by atoms with Crippen LogP contribution >= 0.6 is 11.6 Å². The molecule has 0 saturated heterocycles. The van der Waals surface area contributed by atoms with E-state index < -0.39 is 0 Å². The van der Waals surface area contributed by atoms with Gasteiger partial charge in [0.15, 0.2) is 0 Å². The van der Waals surface area contributed by atoms with Gasteiger partial charge < -0.3 is 10.1 Å². The van der Waals surface area contributed by atoms with E-state index in [2.05, 4.69) is 5.32 Å². The lowest BCUT2D eigenvalue weighted by molar-refractivity contribution is 0.414. The first-order chi connectivity index (χ1) is 10.0. The Morgan fingerprint density at radius 2 is 2.00 bits per heavy atom. The zero-order chi connectivity index (χ0) is 15.4. The maximum Gasteiger partial charge on any atom is 0.137 e. The molecule has 1 unspecified atom stereocenters. The zero-order valence-corrected chi connectivity index (χ0v) is 13.2. The predicted molar refractivity (Wildman–Crippen MR) is 84.4 cm³/mol. The third-order valence-corrected chi connectivity index (χ3v) is 3.82. The molecule has 0 amide bonds. The van der Waals surface area contributed by atoms with Gasteiger partial charge in [-0.3, -0.25) is 0 Å². The van der Waals surface area contributed by atoms with Crippen LogP contribution in [-0.4, -0.2) is 7.11 Å². The molecule has 0 spiro atoms. The van der Waals surface area contributed by atoms with Crippen LogP contribution in [0.25, 0.3) is 0 Å². The molecule has 0 aliphatic rings. The van der Waals surface area contributed by atoms with Crippen LogP contribution in [0, 0.1) is 12.7 Å². The predicted octanol–water partition coefficient (Wildman–Crippen LogP) is 4.65. The van der Waals surface area contributed by atoms with Crippen molar-refractivity contribution in [2.75, 3.05) is 7.11 Å². The smallest absolute Gasteiger partial charge is 0.137 e. The molecule has 2 nitrogen and oxygen atoms in total. The highest BCUT2D eigenvalue weighted by Crippen LogP contribution is 2.25. The number of halogens is 2. The van der Waals surface area contributed by atoms with E-state index in [9.17, 15) is 4.39 Å². The number of methoxy groups -OCH3 is 1. The largest absolute Gasteiger partial charge is 0.495 e. The number of aryl methyl sites for hydroxylation is 1. The molecule has 0 radical (unpaired) electrons. The lowest BCUT2D eigenvalue weighted by Crippen LogP contribution is -2.18. The Balaban J connectivity index is 2.01. The molecule has 0 saturated carbocycles. The van der Waals surface area contributed by atoms with E-state index in [1.807, 2.05) is 31.2 Å². The van der Waals surface area contributed by atoms with Crippen LogP contribution in [0.5, 0.6) is 5.75 Å². The molecule has 0 aromatic heterocycles. The van der Waals surface area contributed by atoms with E-state index in [-0.39, 0.29) is 11.9 Å². The van der Waals surface area contributed by atoms with Gasteiger partial charge in [-0.25, -0.2) is 4.39 Å². The molecule has 112 valence electrons. The summed E-state index contributed by atoms with van der Waals surface area (Å²) in [5, 5.41) is 3.95. The first-order valence-corrected chi connectivity index (χ1v) is 7.21. The normalized spacial score (nSPS) is 12.2. The lowest BCUT2D eigenvalue weighted by atomic mass is 10.1. The third-order valence-electron chi connectivity index (χ3n) is 3.52. The van der Waals surface area contributed by atoms with Crippen molar-refractivity contribution in [3.05, 3.63) is 63.9 Å². The minimum Gasteiger partial charge on any atom is -0.495 e. The highest BCUT2D eigenvalue weighted by molar-refractivity contribution is 6.32. The first kappa shape index (κ1) is 15.8. The topological polar surface area (TPSA) is 21.3 Å². The van der Waals surface area contributed by atoms with E-state index in [1.54, 1.807) is 26.2 Å². The summed E-state index contributed by atoms with van der Waals surface area (Å²) < 4.78 is 18.7. The molecule has 1 atom stereocenters. The summed E-state index contributed by atoms with van der Waals surface area (Å²) in [5.41, 5.74) is 2.64. The summed E-state index contributed by atoms with van der Waals surface area (Å²) in [4.78, 5) is 0. The molecule has 21 heavy (non-hydrogen) atoms. The quantitative estimate of drug-likeness (QED) is 0.868. The molecule has 2 aromatic carbocycles. The fourth-order valence-corrected chi connectivity index (χ4v) is 2.37. The van der Waals surface area contributed by atoms with Crippen molar-refractivity contribution in [2.45, 2.75) is 26.4 Å². The SMILES string of the molecule is COc1ccc(CNC(C)c2ccc(C)c(F)c2)cc1Cl. The van der Waals surface area contributed by atoms with Gasteiger partial charge in [-0.2, -0.15) is 0 Å². The van der Waals surface area contributed by atoms with Crippen LogP contribution in [0.2, 0.25) is 5.02 Å². The van der Waals surface area contributed by atoms with Gasteiger partial charge in [0, 0.05) is 12.6 Å². The van der Waals surface area contributed by atoms with Crippen LogP contribution < -0.4 is 10.1 Å². The van der Waals surface area contributed by atoms with Crippen molar-refractivity contribution in [1.82, 2.24) is 5.32 Å². The molecular weight excluding hydrogens is 289 g/mol. The minimum absolute atomic E-state index is 0.0565. The summed E-state index contributed by atoms with van der Waals surface area (Å²) in [6.07, 6.45) is 0. The molecule has 0 bridgehead atoms. The van der Waals surface area contributed by atoms with Gasteiger partial charge in [0.25, 0.3) is 0 Å². The van der Waals surface area contributed by atoms with Crippen molar-refractivity contribution < 1.29 is 9.13 Å². The van der Waals surface area contributed by atoms with E-state index in [0.29, 0.717) is 22.9 Å². The summed E-state index contributed by atoms with van der Waals surface area (Å²) in [7, 11) is 1.59. The Bertz CT molecular complexity index is 630. The van der Waals surface area contributed by atoms with Gasteiger partial charge >= 0.3 is 0 Å². The number of ether oxygens (including phenoxy) is 1.